The van der Waals surface area contributed by atoms with Gasteiger partial charge < -0.3 is 10.1 Å². The number of methoxy groups -OCH3 is 1. The lowest BCUT2D eigenvalue weighted by Gasteiger charge is -2.19. The minimum Gasteiger partial charge on any atom is -0.385 e. The first-order chi connectivity index (χ1) is 7.97. The van der Waals surface area contributed by atoms with Crippen LogP contribution in [-0.2, 0) is 16.6 Å². The Hall–Kier alpha value is -1.16. The second kappa shape index (κ2) is 5.96. The molecule has 1 N–H and O–H groups in total. The molecule has 0 amide bonds. The van der Waals surface area contributed by atoms with Crippen molar-refractivity contribution in [2.75, 3.05) is 26.1 Å². The summed E-state index contributed by atoms with van der Waals surface area (Å²) in [5.74, 6) is 1.77. The summed E-state index contributed by atoms with van der Waals surface area (Å²) in [6, 6.07) is 2.01. The van der Waals surface area contributed by atoms with Gasteiger partial charge in [0.1, 0.15) is 11.6 Å². The van der Waals surface area contributed by atoms with Crippen molar-refractivity contribution in [1.82, 2.24) is 9.97 Å². The second-order valence-corrected chi connectivity index (χ2v) is 5.15. The van der Waals surface area contributed by atoms with E-state index in [0.29, 0.717) is 0 Å². The van der Waals surface area contributed by atoms with E-state index in [9.17, 15) is 0 Å². The summed E-state index contributed by atoms with van der Waals surface area (Å²) in [4.78, 5) is 9.08. The maximum absolute atomic E-state index is 5.05. The third-order valence-corrected chi connectivity index (χ3v) is 2.55. The molecule has 0 bridgehead atoms. The first-order valence-electron chi connectivity index (χ1n) is 6.02. The number of hydrogen-bond donors (Lipinski definition) is 1. The van der Waals surface area contributed by atoms with E-state index in [2.05, 4.69) is 36.1 Å². The zero-order valence-corrected chi connectivity index (χ0v) is 11.5. The van der Waals surface area contributed by atoms with Crippen molar-refractivity contribution in [3.8, 4) is 0 Å². The molecule has 0 aliphatic rings. The highest BCUT2D eigenvalue weighted by molar-refractivity contribution is 5.37. The van der Waals surface area contributed by atoms with E-state index in [-0.39, 0.29) is 5.41 Å². The Balaban J connectivity index is 2.89. The Morgan fingerprint density at radius 1 is 1.29 bits per heavy atom. The van der Waals surface area contributed by atoms with Crippen LogP contribution in [0.15, 0.2) is 6.07 Å². The van der Waals surface area contributed by atoms with Crippen LogP contribution in [0.1, 0.15) is 38.7 Å². The predicted octanol–water partition coefficient (Wildman–Crippen LogP) is 2.39. The molecule has 0 unspecified atom stereocenters. The van der Waals surface area contributed by atoms with Gasteiger partial charge in [-0.15, -0.1) is 0 Å². The van der Waals surface area contributed by atoms with Crippen LogP contribution in [0, 0.1) is 0 Å². The second-order valence-electron chi connectivity index (χ2n) is 5.15. The average Bonchev–Trinajstić information content (AvgIpc) is 2.28. The summed E-state index contributed by atoms with van der Waals surface area (Å²) in [6.45, 7) is 7.23. The molecule has 4 heteroatoms. The molecule has 1 aromatic rings. The van der Waals surface area contributed by atoms with Gasteiger partial charge in [0.2, 0.25) is 0 Å². The van der Waals surface area contributed by atoms with E-state index >= 15 is 0 Å². The van der Waals surface area contributed by atoms with E-state index in [4.69, 9.17) is 4.74 Å². The number of anilines is 1. The number of nitrogens with zero attached hydrogens (tertiary/aromatic N) is 2. The predicted molar refractivity (Wildman–Crippen MR) is 70.5 cm³/mol. The van der Waals surface area contributed by atoms with E-state index in [0.717, 1.165) is 36.8 Å². The molecule has 0 aromatic carbocycles. The molecular formula is C13H23N3O. The molecular weight excluding hydrogens is 214 g/mol. The van der Waals surface area contributed by atoms with Crippen LogP contribution < -0.4 is 5.32 Å². The molecule has 0 spiro atoms. The topological polar surface area (TPSA) is 47.0 Å². The van der Waals surface area contributed by atoms with Crippen LogP contribution in [0.4, 0.5) is 5.82 Å². The molecule has 0 radical (unpaired) electrons. The standard InChI is InChI=1S/C13H23N3O/c1-13(2,3)10-9-12(14-4)16-11(15-10)7-6-8-17-5/h9H,6-8H2,1-5H3,(H,14,15,16). The van der Waals surface area contributed by atoms with Gasteiger partial charge in [-0.3, -0.25) is 0 Å². The highest BCUT2D eigenvalue weighted by Crippen LogP contribution is 2.22. The number of ether oxygens (including phenoxy) is 1. The van der Waals surface area contributed by atoms with Gasteiger partial charge in [-0.05, 0) is 6.42 Å². The van der Waals surface area contributed by atoms with Gasteiger partial charge in [0.15, 0.2) is 0 Å². The SMILES string of the molecule is CNc1cc(C(C)(C)C)nc(CCCOC)n1. The van der Waals surface area contributed by atoms with E-state index in [1.165, 1.54) is 0 Å². The van der Waals surface area contributed by atoms with Crippen molar-refractivity contribution in [3.05, 3.63) is 17.6 Å². The lowest BCUT2D eigenvalue weighted by atomic mass is 9.92. The molecule has 0 fully saturated rings. The molecule has 96 valence electrons. The van der Waals surface area contributed by atoms with Gasteiger partial charge in [0.05, 0.1) is 5.69 Å². The van der Waals surface area contributed by atoms with Crippen molar-refractivity contribution >= 4 is 5.82 Å². The van der Waals surface area contributed by atoms with Gasteiger partial charge in [-0.1, -0.05) is 20.8 Å². The van der Waals surface area contributed by atoms with Crippen LogP contribution in [0.25, 0.3) is 0 Å². The van der Waals surface area contributed by atoms with Gasteiger partial charge in [0, 0.05) is 38.7 Å². The molecule has 17 heavy (non-hydrogen) atoms. The molecule has 1 heterocycles. The largest absolute Gasteiger partial charge is 0.385 e. The number of nitrogens with one attached hydrogen (secondary N) is 1. The Kier molecular flexibility index (Phi) is 4.87. The van der Waals surface area contributed by atoms with Crippen LogP contribution in [0.3, 0.4) is 0 Å². The lowest BCUT2D eigenvalue weighted by Crippen LogP contribution is -2.16. The van der Waals surface area contributed by atoms with Crippen molar-refractivity contribution in [2.24, 2.45) is 0 Å². The third kappa shape index (κ3) is 4.30. The maximum Gasteiger partial charge on any atom is 0.131 e. The molecule has 0 atom stereocenters. The Morgan fingerprint density at radius 2 is 2.00 bits per heavy atom. The summed E-state index contributed by atoms with van der Waals surface area (Å²) >= 11 is 0. The molecule has 4 nitrogen and oxygen atoms in total. The van der Waals surface area contributed by atoms with E-state index < -0.39 is 0 Å². The van der Waals surface area contributed by atoms with Crippen molar-refractivity contribution < 1.29 is 4.74 Å². The number of rotatable bonds is 5. The quantitative estimate of drug-likeness (QED) is 0.799. The summed E-state index contributed by atoms with van der Waals surface area (Å²) < 4.78 is 5.05. The normalized spacial score (nSPS) is 11.6. The van der Waals surface area contributed by atoms with Gasteiger partial charge in [0.25, 0.3) is 0 Å². The fourth-order valence-corrected chi connectivity index (χ4v) is 1.50. The van der Waals surface area contributed by atoms with Crippen LogP contribution in [0.2, 0.25) is 0 Å². The van der Waals surface area contributed by atoms with Crippen LogP contribution in [0.5, 0.6) is 0 Å². The molecule has 1 aromatic heterocycles. The first kappa shape index (κ1) is 13.9. The smallest absolute Gasteiger partial charge is 0.131 e. The van der Waals surface area contributed by atoms with Crippen molar-refractivity contribution in [3.63, 3.8) is 0 Å². The van der Waals surface area contributed by atoms with Crippen LogP contribution >= 0.6 is 0 Å². The van der Waals surface area contributed by atoms with Crippen molar-refractivity contribution in [1.29, 1.82) is 0 Å². The zero-order chi connectivity index (χ0) is 12.9. The number of aryl methyl sites for hydroxylation is 1. The highest BCUT2D eigenvalue weighted by atomic mass is 16.5. The molecule has 0 saturated carbocycles. The number of hydrogen-bond acceptors (Lipinski definition) is 4. The minimum absolute atomic E-state index is 0.0462. The Labute approximate surface area is 104 Å². The van der Waals surface area contributed by atoms with Gasteiger partial charge in [-0.25, -0.2) is 9.97 Å². The maximum atomic E-state index is 5.05. The third-order valence-electron chi connectivity index (χ3n) is 2.55. The molecule has 0 aliphatic carbocycles. The van der Waals surface area contributed by atoms with Crippen LogP contribution in [-0.4, -0.2) is 30.7 Å². The first-order valence-corrected chi connectivity index (χ1v) is 6.02. The van der Waals surface area contributed by atoms with Crippen molar-refractivity contribution in [2.45, 2.75) is 39.0 Å². The molecule has 1 rings (SSSR count). The molecule has 0 aliphatic heterocycles. The highest BCUT2D eigenvalue weighted by Gasteiger charge is 2.17. The summed E-state index contributed by atoms with van der Waals surface area (Å²) in [5, 5.41) is 3.09. The summed E-state index contributed by atoms with van der Waals surface area (Å²) in [7, 11) is 3.60. The fourth-order valence-electron chi connectivity index (χ4n) is 1.50. The monoisotopic (exact) mass is 237 g/mol. The van der Waals surface area contributed by atoms with E-state index in [1.54, 1.807) is 7.11 Å². The summed E-state index contributed by atoms with van der Waals surface area (Å²) in [5.41, 5.74) is 1.12. The number of aromatic nitrogens is 2. The summed E-state index contributed by atoms with van der Waals surface area (Å²) in [6.07, 6.45) is 1.81. The van der Waals surface area contributed by atoms with Gasteiger partial charge >= 0.3 is 0 Å². The minimum atomic E-state index is 0.0462. The zero-order valence-electron chi connectivity index (χ0n) is 11.5. The average molecular weight is 237 g/mol. The van der Waals surface area contributed by atoms with E-state index in [1.807, 2.05) is 13.1 Å². The molecule has 0 saturated heterocycles. The Bertz CT molecular complexity index is 358. The Morgan fingerprint density at radius 3 is 2.53 bits per heavy atom. The lowest BCUT2D eigenvalue weighted by molar-refractivity contribution is 0.194. The van der Waals surface area contributed by atoms with Gasteiger partial charge in [-0.2, -0.15) is 0 Å². The fraction of sp³-hybridized carbons (Fsp3) is 0.692.